The Morgan fingerprint density at radius 3 is 2.61 bits per heavy atom. The zero-order valence-corrected chi connectivity index (χ0v) is 10.6. The Kier molecular flexibility index (Phi) is 2.60. The Morgan fingerprint density at radius 2 is 1.89 bits per heavy atom. The first-order chi connectivity index (χ1) is 8.66. The Hall–Kier alpha value is -1.80. The van der Waals surface area contributed by atoms with Crippen molar-refractivity contribution in [3.8, 4) is 16.9 Å². The van der Waals surface area contributed by atoms with E-state index in [-0.39, 0.29) is 11.9 Å². The van der Waals surface area contributed by atoms with Gasteiger partial charge in [-0.2, -0.15) is 0 Å². The van der Waals surface area contributed by atoms with Gasteiger partial charge in [0.1, 0.15) is 5.75 Å². The standard InChI is InChI=1S/C15H11ClO2/c1-9-11-7-13(16)12(8-14(11)18-15(9)17)10-5-3-2-4-6-10/h2-9H,1H3/t9-/m1/s1. The summed E-state index contributed by atoms with van der Waals surface area (Å²) in [7, 11) is 0. The summed E-state index contributed by atoms with van der Waals surface area (Å²) < 4.78 is 5.24. The number of halogens is 1. The summed E-state index contributed by atoms with van der Waals surface area (Å²) in [6.45, 7) is 1.83. The fourth-order valence-corrected chi connectivity index (χ4v) is 2.44. The first-order valence-corrected chi connectivity index (χ1v) is 6.15. The van der Waals surface area contributed by atoms with Gasteiger partial charge in [0.15, 0.2) is 0 Å². The topological polar surface area (TPSA) is 26.3 Å². The second kappa shape index (κ2) is 4.14. The van der Waals surface area contributed by atoms with E-state index in [1.807, 2.05) is 49.4 Å². The molecule has 0 saturated carbocycles. The van der Waals surface area contributed by atoms with Crippen LogP contribution in [-0.2, 0) is 4.79 Å². The van der Waals surface area contributed by atoms with E-state index in [4.69, 9.17) is 16.3 Å². The summed E-state index contributed by atoms with van der Waals surface area (Å²) in [5, 5.41) is 0.644. The van der Waals surface area contributed by atoms with Gasteiger partial charge in [-0.05, 0) is 24.6 Å². The van der Waals surface area contributed by atoms with Gasteiger partial charge in [-0.3, -0.25) is 4.79 Å². The summed E-state index contributed by atoms with van der Waals surface area (Å²) >= 11 is 6.29. The third-order valence-corrected chi connectivity index (χ3v) is 3.53. The molecule has 2 aromatic carbocycles. The summed E-state index contributed by atoms with van der Waals surface area (Å²) in [4.78, 5) is 11.5. The normalized spacial score (nSPS) is 17.4. The molecule has 3 rings (SSSR count). The maximum Gasteiger partial charge on any atom is 0.318 e. The van der Waals surface area contributed by atoms with Gasteiger partial charge in [-0.1, -0.05) is 41.9 Å². The van der Waals surface area contributed by atoms with Crippen molar-refractivity contribution < 1.29 is 9.53 Å². The maximum atomic E-state index is 11.5. The molecule has 2 nitrogen and oxygen atoms in total. The van der Waals surface area contributed by atoms with Gasteiger partial charge in [-0.25, -0.2) is 0 Å². The van der Waals surface area contributed by atoms with Crippen LogP contribution >= 0.6 is 11.6 Å². The minimum atomic E-state index is -0.234. The highest BCUT2D eigenvalue weighted by Crippen LogP contribution is 2.41. The van der Waals surface area contributed by atoms with Gasteiger partial charge in [0.25, 0.3) is 0 Å². The van der Waals surface area contributed by atoms with Crippen molar-refractivity contribution in [3.63, 3.8) is 0 Å². The van der Waals surface area contributed by atoms with Gasteiger partial charge in [0, 0.05) is 16.1 Å². The molecule has 90 valence electrons. The van der Waals surface area contributed by atoms with Crippen molar-refractivity contribution in [1.82, 2.24) is 0 Å². The van der Waals surface area contributed by atoms with Crippen LogP contribution in [0.2, 0.25) is 5.02 Å². The van der Waals surface area contributed by atoms with Crippen LogP contribution in [0.1, 0.15) is 18.4 Å². The molecule has 0 bridgehead atoms. The van der Waals surface area contributed by atoms with Gasteiger partial charge in [0.05, 0.1) is 5.92 Å². The van der Waals surface area contributed by atoms with Crippen LogP contribution in [0.3, 0.4) is 0 Å². The molecule has 1 aliphatic heterocycles. The fourth-order valence-electron chi connectivity index (χ4n) is 2.16. The minimum absolute atomic E-state index is 0.216. The first-order valence-electron chi connectivity index (χ1n) is 5.77. The lowest BCUT2D eigenvalue weighted by molar-refractivity contribution is -0.133. The maximum absolute atomic E-state index is 11.5. The third kappa shape index (κ3) is 1.70. The number of rotatable bonds is 1. The lowest BCUT2D eigenvalue weighted by Gasteiger charge is -2.07. The number of hydrogen-bond donors (Lipinski definition) is 0. The Balaban J connectivity index is 2.15. The van der Waals surface area contributed by atoms with Crippen molar-refractivity contribution >= 4 is 17.6 Å². The van der Waals surface area contributed by atoms with Crippen LogP contribution in [0.4, 0.5) is 0 Å². The van der Waals surface area contributed by atoms with Crippen LogP contribution in [0.25, 0.3) is 11.1 Å². The Bertz CT molecular complexity index is 620. The molecule has 0 radical (unpaired) electrons. The fraction of sp³-hybridized carbons (Fsp3) is 0.133. The number of carbonyl (C=O) groups excluding carboxylic acids is 1. The highest BCUT2D eigenvalue weighted by molar-refractivity contribution is 6.33. The van der Waals surface area contributed by atoms with E-state index >= 15 is 0 Å². The van der Waals surface area contributed by atoms with Crippen molar-refractivity contribution in [2.24, 2.45) is 0 Å². The first kappa shape index (κ1) is 11.3. The van der Waals surface area contributed by atoms with Crippen molar-refractivity contribution in [2.75, 3.05) is 0 Å². The molecule has 0 aliphatic carbocycles. The van der Waals surface area contributed by atoms with Gasteiger partial charge >= 0.3 is 5.97 Å². The number of hydrogen-bond acceptors (Lipinski definition) is 2. The van der Waals surface area contributed by atoms with Crippen LogP contribution in [0, 0.1) is 0 Å². The lowest BCUT2D eigenvalue weighted by Crippen LogP contribution is -2.05. The van der Waals surface area contributed by atoms with E-state index < -0.39 is 0 Å². The van der Waals surface area contributed by atoms with E-state index in [1.165, 1.54) is 0 Å². The number of carbonyl (C=O) groups is 1. The number of fused-ring (bicyclic) bond motifs is 1. The summed E-state index contributed by atoms with van der Waals surface area (Å²) in [6, 6.07) is 13.5. The minimum Gasteiger partial charge on any atom is -0.426 e. The average Bonchev–Trinajstić information content (AvgIpc) is 2.66. The molecule has 3 heteroatoms. The SMILES string of the molecule is C[C@H]1C(=O)Oc2cc(-c3ccccc3)c(Cl)cc21. The largest absolute Gasteiger partial charge is 0.426 e. The molecule has 0 saturated heterocycles. The van der Waals surface area contributed by atoms with E-state index in [2.05, 4.69) is 0 Å². The molecule has 2 aromatic rings. The monoisotopic (exact) mass is 258 g/mol. The van der Waals surface area contributed by atoms with E-state index in [9.17, 15) is 4.79 Å². The van der Waals surface area contributed by atoms with Gasteiger partial charge in [-0.15, -0.1) is 0 Å². The number of esters is 1. The molecule has 18 heavy (non-hydrogen) atoms. The van der Waals surface area contributed by atoms with E-state index in [0.29, 0.717) is 10.8 Å². The Morgan fingerprint density at radius 1 is 1.17 bits per heavy atom. The summed E-state index contributed by atoms with van der Waals surface area (Å²) in [5.41, 5.74) is 2.77. The van der Waals surface area contributed by atoms with Crippen molar-refractivity contribution in [2.45, 2.75) is 12.8 Å². The van der Waals surface area contributed by atoms with Gasteiger partial charge < -0.3 is 4.74 Å². The summed E-state index contributed by atoms with van der Waals surface area (Å²) in [6.07, 6.45) is 0. The molecule has 0 unspecified atom stereocenters. The van der Waals surface area contributed by atoms with Crippen LogP contribution in [0.15, 0.2) is 42.5 Å². The molecule has 0 N–H and O–H groups in total. The molecular formula is C15H11ClO2. The van der Waals surface area contributed by atoms with Crippen molar-refractivity contribution in [1.29, 1.82) is 0 Å². The van der Waals surface area contributed by atoms with Crippen LogP contribution < -0.4 is 4.74 Å². The van der Waals surface area contributed by atoms with Crippen molar-refractivity contribution in [3.05, 3.63) is 53.1 Å². The predicted molar refractivity (Wildman–Crippen MR) is 70.9 cm³/mol. The molecule has 1 aliphatic rings. The highest BCUT2D eigenvalue weighted by Gasteiger charge is 2.30. The second-order valence-electron chi connectivity index (χ2n) is 4.38. The number of benzene rings is 2. The molecule has 1 heterocycles. The Labute approximate surface area is 110 Å². The van der Waals surface area contributed by atoms with E-state index in [1.54, 1.807) is 0 Å². The smallest absolute Gasteiger partial charge is 0.318 e. The zero-order valence-electron chi connectivity index (χ0n) is 9.81. The third-order valence-electron chi connectivity index (χ3n) is 3.21. The van der Waals surface area contributed by atoms with Crippen LogP contribution in [-0.4, -0.2) is 5.97 Å². The number of ether oxygens (including phenoxy) is 1. The van der Waals surface area contributed by atoms with Crippen LogP contribution in [0.5, 0.6) is 5.75 Å². The molecule has 0 fully saturated rings. The quantitative estimate of drug-likeness (QED) is 0.570. The predicted octanol–water partition coefficient (Wildman–Crippen LogP) is 4.03. The molecule has 0 spiro atoms. The second-order valence-corrected chi connectivity index (χ2v) is 4.79. The lowest BCUT2D eigenvalue weighted by atomic mass is 9.98. The van der Waals surface area contributed by atoms with Gasteiger partial charge in [0.2, 0.25) is 0 Å². The van der Waals surface area contributed by atoms with E-state index in [0.717, 1.165) is 16.7 Å². The molecule has 1 atom stereocenters. The molecule has 0 aromatic heterocycles. The highest BCUT2D eigenvalue weighted by atomic mass is 35.5. The summed E-state index contributed by atoms with van der Waals surface area (Å²) in [5.74, 6) is 0.171. The molecule has 0 amide bonds. The average molecular weight is 259 g/mol. The molecular weight excluding hydrogens is 248 g/mol. The zero-order chi connectivity index (χ0) is 12.7.